The minimum atomic E-state index is -0.662. The predicted octanol–water partition coefficient (Wildman–Crippen LogP) is 3.75. The van der Waals surface area contributed by atoms with Gasteiger partial charge in [0.2, 0.25) is 5.91 Å². The van der Waals surface area contributed by atoms with Crippen molar-refractivity contribution in [3.63, 3.8) is 0 Å². The smallest absolute Gasteiger partial charge is 0.358 e. The Bertz CT molecular complexity index is 1440. The summed E-state index contributed by atoms with van der Waals surface area (Å²) in [7, 11) is 0. The summed E-state index contributed by atoms with van der Waals surface area (Å²) in [6, 6.07) is 13.1. The Kier molecular flexibility index (Phi) is 5.86. The Hall–Kier alpha value is -4.34. The van der Waals surface area contributed by atoms with Crippen molar-refractivity contribution in [3.8, 4) is 0 Å². The number of carbonyl (C=O) groups excluding carboxylic acids is 2. The fourth-order valence-electron chi connectivity index (χ4n) is 4.21. The molecular formula is C25H21F2N5O3. The molecule has 1 amide bonds. The van der Waals surface area contributed by atoms with E-state index < -0.39 is 12.0 Å². The van der Waals surface area contributed by atoms with E-state index in [2.05, 4.69) is 15.4 Å². The lowest BCUT2D eigenvalue weighted by Gasteiger charge is -2.27. The highest BCUT2D eigenvalue weighted by molar-refractivity contribution is 5.98. The number of amides is 1. The first-order chi connectivity index (χ1) is 16.9. The van der Waals surface area contributed by atoms with E-state index in [1.54, 1.807) is 37.3 Å². The van der Waals surface area contributed by atoms with Gasteiger partial charge in [0.25, 0.3) is 0 Å². The van der Waals surface area contributed by atoms with Crippen LogP contribution in [0.25, 0.3) is 5.65 Å². The van der Waals surface area contributed by atoms with Crippen molar-refractivity contribution < 1.29 is 23.1 Å². The first-order valence-corrected chi connectivity index (χ1v) is 11.0. The summed E-state index contributed by atoms with van der Waals surface area (Å²) < 4.78 is 34.0. The molecule has 5 rings (SSSR count). The largest absolute Gasteiger partial charge is 0.461 e. The number of hydrogen-bond acceptors (Lipinski definition) is 6. The standard InChI is InChI=1S/C25H21F2N5O3/c1-2-35-25(34)19-14-32-23(28-19)9-8-22(30-32)29-24(33)21-12-16-11-18(27)6-7-20(16)31(21)13-15-4-3-5-17(26)10-15/h3-11,14,21H,2,12-13H2,1H3,(H,29,30,33). The van der Waals surface area contributed by atoms with Gasteiger partial charge in [0, 0.05) is 18.7 Å². The van der Waals surface area contributed by atoms with E-state index in [0.29, 0.717) is 22.5 Å². The van der Waals surface area contributed by atoms with E-state index >= 15 is 0 Å². The summed E-state index contributed by atoms with van der Waals surface area (Å²) in [6.07, 6.45) is 1.71. The van der Waals surface area contributed by atoms with Crippen LogP contribution in [0, 0.1) is 11.6 Å². The van der Waals surface area contributed by atoms with Crippen LogP contribution in [-0.4, -0.2) is 39.1 Å². The number of rotatable bonds is 6. The molecule has 0 saturated carbocycles. The number of halogens is 2. The third-order valence-corrected chi connectivity index (χ3v) is 5.74. The number of hydrogen-bond donors (Lipinski definition) is 1. The Labute approximate surface area is 199 Å². The summed E-state index contributed by atoms with van der Waals surface area (Å²) in [5.41, 5.74) is 2.62. The summed E-state index contributed by atoms with van der Waals surface area (Å²) >= 11 is 0. The zero-order valence-corrected chi connectivity index (χ0v) is 18.7. The van der Waals surface area contributed by atoms with Gasteiger partial charge < -0.3 is 15.0 Å². The minimum Gasteiger partial charge on any atom is -0.461 e. The highest BCUT2D eigenvalue weighted by atomic mass is 19.1. The van der Waals surface area contributed by atoms with Gasteiger partial charge in [-0.05, 0) is 60.5 Å². The molecular weight excluding hydrogens is 456 g/mol. The maximum Gasteiger partial charge on any atom is 0.358 e. The summed E-state index contributed by atoms with van der Waals surface area (Å²) in [4.78, 5) is 31.2. The number of nitrogens with zero attached hydrogens (tertiary/aromatic N) is 4. The predicted molar refractivity (Wildman–Crippen MR) is 124 cm³/mol. The summed E-state index contributed by atoms with van der Waals surface area (Å²) in [6.45, 7) is 2.19. The molecule has 0 bridgehead atoms. The lowest BCUT2D eigenvalue weighted by atomic mass is 10.1. The van der Waals surface area contributed by atoms with Crippen LogP contribution in [-0.2, 0) is 22.5 Å². The van der Waals surface area contributed by atoms with Crippen LogP contribution in [0.3, 0.4) is 0 Å². The Morgan fingerprint density at radius 3 is 2.74 bits per heavy atom. The van der Waals surface area contributed by atoms with Gasteiger partial charge in [0.05, 0.1) is 12.8 Å². The zero-order valence-electron chi connectivity index (χ0n) is 18.7. The van der Waals surface area contributed by atoms with Crippen molar-refractivity contribution in [3.05, 3.63) is 89.2 Å². The van der Waals surface area contributed by atoms with E-state index in [1.807, 2.05) is 4.90 Å². The number of nitrogens with one attached hydrogen (secondary N) is 1. The third-order valence-electron chi connectivity index (χ3n) is 5.74. The van der Waals surface area contributed by atoms with Gasteiger partial charge in [-0.2, -0.15) is 0 Å². The molecule has 2 aromatic heterocycles. The number of ether oxygens (including phenoxy) is 1. The monoisotopic (exact) mass is 477 g/mol. The molecule has 4 aromatic rings. The lowest BCUT2D eigenvalue weighted by Crippen LogP contribution is -2.41. The molecule has 2 aromatic carbocycles. The van der Waals surface area contributed by atoms with Gasteiger partial charge in [-0.15, -0.1) is 5.10 Å². The number of benzene rings is 2. The van der Waals surface area contributed by atoms with Gasteiger partial charge in [-0.1, -0.05) is 12.1 Å². The Morgan fingerprint density at radius 1 is 1.11 bits per heavy atom. The van der Waals surface area contributed by atoms with E-state index in [9.17, 15) is 18.4 Å². The number of fused-ring (bicyclic) bond motifs is 2. The van der Waals surface area contributed by atoms with Crippen LogP contribution in [0.1, 0.15) is 28.5 Å². The maximum absolute atomic E-state index is 13.9. The maximum atomic E-state index is 13.9. The molecule has 0 aliphatic carbocycles. The molecule has 0 fully saturated rings. The van der Waals surface area contributed by atoms with Crippen molar-refractivity contribution in [1.82, 2.24) is 14.6 Å². The second kappa shape index (κ2) is 9.13. The number of imidazole rings is 1. The fourth-order valence-corrected chi connectivity index (χ4v) is 4.21. The fraction of sp³-hybridized carbons (Fsp3) is 0.200. The topological polar surface area (TPSA) is 88.8 Å². The SMILES string of the molecule is CCOC(=O)c1cn2nc(NC(=O)C3Cc4cc(F)ccc4N3Cc3cccc(F)c3)ccc2n1. The molecule has 10 heteroatoms. The van der Waals surface area contributed by atoms with Gasteiger partial charge in [-0.25, -0.2) is 23.1 Å². The van der Waals surface area contributed by atoms with Crippen LogP contribution in [0.4, 0.5) is 20.3 Å². The molecule has 1 aliphatic heterocycles. The van der Waals surface area contributed by atoms with Gasteiger partial charge in [0.1, 0.15) is 17.7 Å². The molecule has 0 spiro atoms. The molecule has 35 heavy (non-hydrogen) atoms. The average Bonchev–Trinajstić information content (AvgIpc) is 3.40. The molecule has 8 nitrogen and oxygen atoms in total. The summed E-state index contributed by atoms with van der Waals surface area (Å²) in [5, 5.41) is 7.11. The first-order valence-electron chi connectivity index (χ1n) is 11.0. The van der Waals surface area contributed by atoms with Crippen LogP contribution < -0.4 is 10.2 Å². The first kappa shape index (κ1) is 22.5. The van der Waals surface area contributed by atoms with Crippen LogP contribution >= 0.6 is 0 Å². The van der Waals surface area contributed by atoms with E-state index in [-0.39, 0.29) is 48.6 Å². The Balaban J connectivity index is 1.40. The molecule has 0 radical (unpaired) electrons. The molecule has 1 aliphatic rings. The van der Waals surface area contributed by atoms with Crippen molar-refractivity contribution in [2.24, 2.45) is 0 Å². The van der Waals surface area contributed by atoms with Crippen LogP contribution in [0.5, 0.6) is 0 Å². The van der Waals surface area contributed by atoms with Crippen molar-refractivity contribution >= 4 is 29.0 Å². The zero-order chi connectivity index (χ0) is 24.5. The normalized spacial score (nSPS) is 14.7. The molecule has 178 valence electrons. The minimum absolute atomic E-state index is 0.109. The average molecular weight is 477 g/mol. The highest BCUT2D eigenvalue weighted by Gasteiger charge is 2.35. The molecule has 0 saturated heterocycles. The van der Waals surface area contributed by atoms with Crippen molar-refractivity contribution in [1.29, 1.82) is 0 Å². The molecule has 1 N–H and O–H groups in total. The quantitative estimate of drug-likeness (QED) is 0.426. The Morgan fingerprint density at radius 2 is 1.94 bits per heavy atom. The van der Waals surface area contributed by atoms with E-state index in [4.69, 9.17) is 4.74 Å². The number of aromatic nitrogens is 3. The third kappa shape index (κ3) is 4.54. The number of anilines is 2. The van der Waals surface area contributed by atoms with Crippen LogP contribution in [0.2, 0.25) is 0 Å². The van der Waals surface area contributed by atoms with E-state index in [0.717, 1.165) is 0 Å². The van der Waals surface area contributed by atoms with E-state index in [1.165, 1.54) is 35.0 Å². The van der Waals surface area contributed by atoms with Crippen molar-refractivity contribution in [2.45, 2.75) is 25.9 Å². The number of esters is 1. The van der Waals surface area contributed by atoms with Gasteiger partial charge in [-0.3, -0.25) is 4.79 Å². The highest BCUT2D eigenvalue weighted by Crippen LogP contribution is 2.34. The van der Waals surface area contributed by atoms with Crippen molar-refractivity contribution in [2.75, 3.05) is 16.8 Å². The van der Waals surface area contributed by atoms with Gasteiger partial charge >= 0.3 is 5.97 Å². The molecule has 1 unspecified atom stereocenters. The molecule has 1 atom stereocenters. The second-order valence-corrected chi connectivity index (χ2v) is 8.11. The lowest BCUT2D eigenvalue weighted by molar-refractivity contribution is -0.117. The van der Waals surface area contributed by atoms with Gasteiger partial charge in [0.15, 0.2) is 17.2 Å². The number of carbonyl (C=O) groups is 2. The second-order valence-electron chi connectivity index (χ2n) is 8.11. The summed E-state index contributed by atoms with van der Waals surface area (Å²) in [5.74, 6) is -1.42. The molecule has 3 heterocycles. The van der Waals surface area contributed by atoms with Crippen LogP contribution in [0.15, 0.2) is 60.8 Å².